The van der Waals surface area contributed by atoms with E-state index in [1.165, 1.54) is 11.9 Å². The SMILES string of the molecule is C=C(O)CC1NC(=O)CNC(=O)C(CNC(=O)C2CCNCC2)NC(=O)C(C(C)C)N(C)C(=O)C(Cc2c[nH]c3ccccc23)CC1=O. The molecule has 7 N–H and O–H groups in total. The van der Waals surface area contributed by atoms with Crippen molar-refractivity contribution in [3.63, 3.8) is 0 Å². The summed E-state index contributed by atoms with van der Waals surface area (Å²) in [5, 5.41) is 24.5. The second-order valence-electron chi connectivity index (χ2n) is 13.0. The van der Waals surface area contributed by atoms with Gasteiger partial charge in [-0.05, 0) is 49.9 Å². The molecule has 2 fully saturated rings. The van der Waals surface area contributed by atoms with Gasteiger partial charge in [0.15, 0.2) is 5.78 Å². The number of carbonyl (C=O) groups excluding carboxylic acids is 6. The molecule has 48 heavy (non-hydrogen) atoms. The number of aliphatic hydroxyl groups is 1. The number of para-hydroxylation sites is 1. The zero-order valence-corrected chi connectivity index (χ0v) is 27.8. The number of rotatable bonds is 8. The molecule has 260 valence electrons. The van der Waals surface area contributed by atoms with E-state index in [4.69, 9.17) is 0 Å². The summed E-state index contributed by atoms with van der Waals surface area (Å²) in [5.41, 5.74) is 1.65. The van der Waals surface area contributed by atoms with E-state index in [0.29, 0.717) is 25.9 Å². The standard InChI is InChI=1S/C34H47N7O7/c1-19(2)30-33(47)40-27(17-37-31(45)21-9-11-35-12-10-21)32(46)38-18-29(44)39-26(13-20(3)42)28(43)15-22(34(48)41(30)4)14-23-16-36-25-8-6-5-7-24(23)25/h5-8,16,19,21-22,26-27,30,35-36,42H,3,9-15,17-18H2,1-2,4H3,(H,37,45)(H,38,46)(H,39,44)(H,40,47). The van der Waals surface area contributed by atoms with Gasteiger partial charge in [-0.3, -0.25) is 28.8 Å². The topological polar surface area (TPSA) is 202 Å². The van der Waals surface area contributed by atoms with Crippen molar-refractivity contribution < 1.29 is 33.9 Å². The lowest BCUT2D eigenvalue weighted by Gasteiger charge is -2.34. The number of Topliss-reactive ketones (excluding diaryl/α,β-unsaturated/α-hetero) is 1. The highest BCUT2D eigenvalue weighted by Crippen LogP contribution is 2.26. The number of aromatic nitrogens is 1. The summed E-state index contributed by atoms with van der Waals surface area (Å²) in [6.07, 6.45) is 2.61. The van der Waals surface area contributed by atoms with E-state index in [2.05, 4.69) is 38.1 Å². The Bertz CT molecular complexity index is 1530. The maximum atomic E-state index is 14.3. The van der Waals surface area contributed by atoms with E-state index in [1.54, 1.807) is 20.0 Å². The first-order chi connectivity index (χ1) is 22.8. The number of piperidine rings is 1. The molecule has 2 saturated heterocycles. The Labute approximate surface area is 279 Å². The number of nitrogens with one attached hydrogen (secondary N) is 6. The third-order valence-electron chi connectivity index (χ3n) is 9.01. The lowest BCUT2D eigenvalue weighted by Crippen LogP contribution is -2.59. The van der Waals surface area contributed by atoms with Crippen molar-refractivity contribution in [2.75, 3.05) is 33.2 Å². The zero-order chi connectivity index (χ0) is 35.0. The maximum absolute atomic E-state index is 14.3. The van der Waals surface area contributed by atoms with Crippen LogP contribution in [0.5, 0.6) is 0 Å². The first-order valence-electron chi connectivity index (χ1n) is 16.4. The normalized spacial score (nSPS) is 24.0. The summed E-state index contributed by atoms with van der Waals surface area (Å²) in [7, 11) is 1.49. The molecule has 14 nitrogen and oxygen atoms in total. The van der Waals surface area contributed by atoms with Crippen LogP contribution >= 0.6 is 0 Å². The molecule has 0 bridgehead atoms. The summed E-state index contributed by atoms with van der Waals surface area (Å²) in [5.74, 6) is -5.25. The van der Waals surface area contributed by atoms with Gasteiger partial charge < -0.3 is 41.6 Å². The number of H-pyrrole nitrogens is 1. The van der Waals surface area contributed by atoms with Crippen molar-refractivity contribution in [1.82, 2.24) is 36.5 Å². The summed E-state index contributed by atoms with van der Waals surface area (Å²) >= 11 is 0. The van der Waals surface area contributed by atoms with Gasteiger partial charge in [0.2, 0.25) is 29.5 Å². The van der Waals surface area contributed by atoms with Gasteiger partial charge in [-0.2, -0.15) is 0 Å². The Balaban J connectivity index is 1.66. The maximum Gasteiger partial charge on any atom is 0.244 e. The Hall–Kier alpha value is -4.72. The molecule has 1 aromatic carbocycles. The van der Waals surface area contributed by atoms with Crippen LogP contribution in [0.2, 0.25) is 0 Å². The predicted molar refractivity (Wildman–Crippen MR) is 178 cm³/mol. The van der Waals surface area contributed by atoms with E-state index >= 15 is 0 Å². The van der Waals surface area contributed by atoms with Crippen LogP contribution in [0.25, 0.3) is 10.9 Å². The molecule has 5 amide bonds. The molecule has 1 aromatic heterocycles. The smallest absolute Gasteiger partial charge is 0.244 e. The third kappa shape index (κ3) is 9.21. The molecule has 4 unspecified atom stereocenters. The molecular formula is C34H47N7O7. The van der Waals surface area contributed by atoms with Crippen molar-refractivity contribution >= 4 is 46.2 Å². The van der Waals surface area contributed by atoms with Gasteiger partial charge in [0.25, 0.3) is 0 Å². The number of likely N-dealkylation sites (N-methyl/N-ethyl adjacent to an activating group) is 1. The molecule has 2 aromatic rings. The van der Waals surface area contributed by atoms with Crippen molar-refractivity contribution in [3.8, 4) is 0 Å². The number of hydrogen-bond acceptors (Lipinski definition) is 8. The highest BCUT2D eigenvalue weighted by atomic mass is 16.3. The van der Waals surface area contributed by atoms with Crippen LogP contribution in [0.15, 0.2) is 42.8 Å². The monoisotopic (exact) mass is 665 g/mol. The lowest BCUT2D eigenvalue weighted by molar-refractivity contribution is -0.145. The molecular weight excluding hydrogens is 618 g/mol. The van der Waals surface area contributed by atoms with Gasteiger partial charge in [0.1, 0.15) is 12.1 Å². The molecule has 4 atom stereocenters. The molecule has 0 saturated carbocycles. The Morgan fingerprint density at radius 3 is 2.44 bits per heavy atom. The molecule has 4 rings (SSSR count). The fourth-order valence-electron chi connectivity index (χ4n) is 6.46. The van der Waals surface area contributed by atoms with Gasteiger partial charge in [0, 0.05) is 55.4 Å². The minimum Gasteiger partial charge on any atom is -0.513 e. The Kier molecular flexibility index (Phi) is 12.3. The minimum atomic E-state index is -1.26. The Morgan fingerprint density at radius 1 is 1.04 bits per heavy atom. The van der Waals surface area contributed by atoms with Crippen molar-refractivity contribution in [3.05, 3.63) is 48.4 Å². The van der Waals surface area contributed by atoms with Crippen LogP contribution in [0.4, 0.5) is 0 Å². The van der Waals surface area contributed by atoms with E-state index < -0.39 is 65.9 Å². The number of nitrogens with zero attached hydrogens (tertiary/aromatic N) is 1. The molecule has 3 heterocycles. The lowest BCUT2D eigenvalue weighted by atomic mass is 9.89. The molecule has 0 spiro atoms. The van der Waals surface area contributed by atoms with Gasteiger partial charge in [-0.25, -0.2) is 0 Å². The third-order valence-corrected chi connectivity index (χ3v) is 9.01. The van der Waals surface area contributed by atoms with E-state index in [-0.39, 0.29) is 43.4 Å². The second kappa shape index (κ2) is 16.4. The number of benzene rings is 1. The highest BCUT2D eigenvalue weighted by molar-refractivity contribution is 5.97. The van der Waals surface area contributed by atoms with E-state index in [9.17, 15) is 33.9 Å². The largest absolute Gasteiger partial charge is 0.513 e. The van der Waals surface area contributed by atoms with Crippen LogP contribution in [0.3, 0.4) is 0 Å². The van der Waals surface area contributed by atoms with Crippen LogP contribution in [0, 0.1) is 17.8 Å². The van der Waals surface area contributed by atoms with Gasteiger partial charge in [-0.1, -0.05) is 38.6 Å². The van der Waals surface area contributed by atoms with E-state index in [0.717, 1.165) is 16.5 Å². The summed E-state index contributed by atoms with van der Waals surface area (Å²) in [6, 6.07) is 4.03. The van der Waals surface area contributed by atoms with Crippen LogP contribution in [-0.4, -0.2) is 102 Å². The van der Waals surface area contributed by atoms with Crippen molar-refractivity contribution in [2.24, 2.45) is 17.8 Å². The number of aromatic amines is 1. The average molecular weight is 666 g/mol. The van der Waals surface area contributed by atoms with Gasteiger partial charge in [-0.15, -0.1) is 0 Å². The molecule has 0 radical (unpaired) electrons. The average Bonchev–Trinajstić information content (AvgIpc) is 3.46. The van der Waals surface area contributed by atoms with Gasteiger partial charge >= 0.3 is 0 Å². The predicted octanol–water partition coefficient (Wildman–Crippen LogP) is 0.446. The van der Waals surface area contributed by atoms with Crippen LogP contribution in [-0.2, 0) is 35.2 Å². The molecule has 14 heteroatoms. The number of aliphatic hydroxyl groups excluding tert-OH is 1. The highest BCUT2D eigenvalue weighted by Gasteiger charge is 2.38. The Morgan fingerprint density at radius 2 is 1.75 bits per heavy atom. The van der Waals surface area contributed by atoms with Crippen LogP contribution < -0.4 is 26.6 Å². The quantitative estimate of drug-likeness (QED) is 0.197. The van der Waals surface area contributed by atoms with Crippen molar-refractivity contribution in [2.45, 2.75) is 64.1 Å². The van der Waals surface area contributed by atoms with E-state index in [1.807, 2.05) is 24.3 Å². The summed E-state index contributed by atoms with van der Waals surface area (Å²) in [6.45, 7) is 7.60. The first kappa shape index (κ1) is 36.1. The van der Waals surface area contributed by atoms with Gasteiger partial charge in [0.05, 0.1) is 18.3 Å². The number of carbonyl (C=O) groups is 6. The fraction of sp³-hybridized carbons (Fsp3) is 0.529. The first-order valence-corrected chi connectivity index (χ1v) is 16.4. The van der Waals surface area contributed by atoms with Crippen LogP contribution in [0.1, 0.15) is 45.1 Å². The summed E-state index contributed by atoms with van der Waals surface area (Å²) in [4.78, 5) is 85.5. The zero-order valence-electron chi connectivity index (χ0n) is 27.8. The number of ketones is 1. The molecule has 2 aliphatic heterocycles. The summed E-state index contributed by atoms with van der Waals surface area (Å²) < 4.78 is 0. The molecule has 2 aliphatic rings. The second-order valence-corrected chi connectivity index (χ2v) is 13.0. The van der Waals surface area contributed by atoms with Crippen molar-refractivity contribution in [1.29, 1.82) is 0 Å². The fourth-order valence-corrected chi connectivity index (χ4v) is 6.46. The molecule has 0 aliphatic carbocycles. The number of hydrogen-bond donors (Lipinski definition) is 7. The number of amides is 5. The minimum absolute atomic E-state index is 0.150. The number of fused-ring (bicyclic) bond motifs is 1.